The molecule has 1 heterocycles. The molecular formula is C16H18ClN3O. The van der Waals surface area contributed by atoms with E-state index in [-0.39, 0.29) is 12.0 Å². The average molecular weight is 304 g/mol. The fourth-order valence-electron chi connectivity index (χ4n) is 3.96. The van der Waals surface area contributed by atoms with Crippen LogP contribution in [0.2, 0.25) is 5.02 Å². The predicted molar refractivity (Wildman–Crippen MR) is 80.1 cm³/mol. The summed E-state index contributed by atoms with van der Waals surface area (Å²) in [7, 11) is 0. The van der Waals surface area contributed by atoms with Crippen molar-refractivity contribution in [2.45, 2.75) is 37.6 Å². The maximum absolute atomic E-state index is 6.33. The molecule has 110 valence electrons. The number of hydrogen-bond donors (Lipinski definition) is 1. The Balaban J connectivity index is 1.52. The lowest BCUT2D eigenvalue weighted by Crippen LogP contribution is -2.34. The van der Waals surface area contributed by atoms with E-state index >= 15 is 0 Å². The maximum Gasteiger partial charge on any atom is 0.231 e. The van der Waals surface area contributed by atoms with E-state index in [0.717, 1.165) is 22.3 Å². The molecule has 4 rings (SSSR count). The second-order valence-corrected chi connectivity index (χ2v) is 6.72. The summed E-state index contributed by atoms with van der Waals surface area (Å²) in [6, 6.07) is 7.92. The number of aromatic nitrogens is 2. The Hall–Kier alpha value is -1.39. The zero-order chi connectivity index (χ0) is 14.4. The highest BCUT2D eigenvalue weighted by Gasteiger charge is 2.48. The van der Waals surface area contributed by atoms with Crippen molar-refractivity contribution >= 4 is 11.6 Å². The lowest BCUT2D eigenvalue weighted by Gasteiger charge is -2.24. The average Bonchev–Trinajstić information content (AvgIpc) is 3.17. The van der Waals surface area contributed by atoms with E-state index in [1.54, 1.807) is 0 Å². The number of rotatable bonds is 3. The van der Waals surface area contributed by atoms with Gasteiger partial charge in [0.1, 0.15) is 0 Å². The molecule has 1 aromatic carbocycles. The van der Waals surface area contributed by atoms with Crippen molar-refractivity contribution < 1.29 is 4.52 Å². The zero-order valence-corrected chi connectivity index (χ0v) is 12.5. The van der Waals surface area contributed by atoms with Gasteiger partial charge in [-0.05, 0) is 48.8 Å². The molecule has 2 saturated carbocycles. The van der Waals surface area contributed by atoms with E-state index < -0.39 is 0 Å². The summed E-state index contributed by atoms with van der Waals surface area (Å²) < 4.78 is 5.50. The van der Waals surface area contributed by atoms with Gasteiger partial charge < -0.3 is 10.3 Å². The van der Waals surface area contributed by atoms with Crippen molar-refractivity contribution in [3.8, 4) is 0 Å². The van der Waals surface area contributed by atoms with Crippen LogP contribution in [-0.4, -0.2) is 16.2 Å². The largest absolute Gasteiger partial charge is 0.339 e. The Morgan fingerprint density at radius 2 is 1.95 bits per heavy atom. The highest BCUT2D eigenvalue weighted by molar-refractivity contribution is 6.30. The number of halogens is 1. The summed E-state index contributed by atoms with van der Waals surface area (Å²) in [4.78, 5) is 4.59. The van der Waals surface area contributed by atoms with Crippen LogP contribution in [0.15, 0.2) is 28.8 Å². The summed E-state index contributed by atoms with van der Waals surface area (Å²) in [5.41, 5.74) is 7.46. The van der Waals surface area contributed by atoms with Crippen molar-refractivity contribution in [2.75, 3.05) is 0 Å². The van der Waals surface area contributed by atoms with Crippen LogP contribution < -0.4 is 5.73 Å². The highest BCUT2D eigenvalue weighted by Crippen LogP contribution is 2.51. The topological polar surface area (TPSA) is 64.9 Å². The molecule has 2 bridgehead atoms. The van der Waals surface area contributed by atoms with Crippen LogP contribution in [0.4, 0.5) is 0 Å². The minimum atomic E-state index is 0.188. The molecule has 0 saturated heterocycles. The Morgan fingerprint density at radius 3 is 2.67 bits per heavy atom. The van der Waals surface area contributed by atoms with Crippen LogP contribution in [0.1, 0.15) is 42.5 Å². The van der Waals surface area contributed by atoms with Crippen molar-refractivity contribution in [1.82, 2.24) is 10.1 Å². The third kappa shape index (κ3) is 2.36. The molecular weight excluding hydrogens is 286 g/mol. The number of hydrogen-bond acceptors (Lipinski definition) is 4. The van der Waals surface area contributed by atoms with Crippen LogP contribution in [-0.2, 0) is 6.42 Å². The van der Waals surface area contributed by atoms with E-state index in [1.807, 2.05) is 24.3 Å². The third-order valence-corrected chi connectivity index (χ3v) is 5.28. The van der Waals surface area contributed by atoms with Gasteiger partial charge in [-0.2, -0.15) is 4.98 Å². The Morgan fingerprint density at radius 1 is 1.19 bits per heavy atom. The van der Waals surface area contributed by atoms with Gasteiger partial charge in [0.05, 0.1) is 5.92 Å². The van der Waals surface area contributed by atoms with Gasteiger partial charge in [-0.15, -0.1) is 0 Å². The van der Waals surface area contributed by atoms with Crippen LogP contribution >= 0.6 is 11.6 Å². The molecule has 21 heavy (non-hydrogen) atoms. The number of nitrogens with zero attached hydrogens (tertiary/aromatic N) is 2. The minimum Gasteiger partial charge on any atom is -0.339 e. The van der Waals surface area contributed by atoms with E-state index in [0.29, 0.717) is 18.3 Å². The zero-order valence-electron chi connectivity index (χ0n) is 11.7. The van der Waals surface area contributed by atoms with Crippen molar-refractivity contribution in [1.29, 1.82) is 0 Å². The smallest absolute Gasteiger partial charge is 0.231 e. The molecule has 4 nitrogen and oxygen atoms in total. The Kier molecular flexibility index (Phi) is 3.23. The molecule has 0 amide bonds. The van der Waals surface area contributed by atoms with Gasteiger partial charge in [0.2, 0.25) is 5.89 Å². The van der Waals surface area contributed by atoms with Gasteiger partial charge in [-0.1, -0.05) is 28.9 Å². The fourth-order valence-corrected chi connectivity index (χ4v) is 4.09. The van der Waals surface area contributed by atoms with Gasteiger partial charge >= 0.3 is 0 Å². The van der Waals surface area contributed by atoms with Crippen LogP contribution in [0.25, 0.3) is 0 Å². The SMILES string of the molecule is NC1C2CCC(C2)C1c1nc(Cc2ccc(Cl)cc2)no1. The van der Waals surface area contributed by atoms with Crippen molar-refractivity contribution in [3.63, 3.8) is 0 Å². The molecule has 0 radical (unpaired) electrons. The lowest BCUT2D eigenvalue weighted by molar-refractivity contribution is 0.278. The second kappa shape index (κ2) is 5.11. The van der Waals surface area contributed by atoms with Crippen molar-refractivity contribution in [3.05, 3.63) is 46.6 Å². The van der Waals surface area contributed by atoms with Crippen molar-refractivity contribution in [2.24, 2.45) is 17.6 Å². The van der Waals surface area contributed by atoms with Gasteiger partial charge in [-0.3, -0.25) is 0 Å². The molecule has 5 heteroatoms. The predicted octanol–water partition coefficient (Wildman–Crippen LogP) is 3.15. The Labute approximate surface area is 128 Å². The van der Waals surface area contributed by atoms with E-state index in [9.17, 15) is 0 Å². The molecule has 2 aromatic rings. The summed E-state index contributed by atoms with van der Waals surface area (Å²) in [5.74, 6) is 3.00. The summed E-state index contributed by atoms with van der Waals surface area (Å²) in [6.45, 7) is 0. The van der Waals surface area contributed by atoms with Gasteiger partial charge in [-0.25, -0.2) is 0 Å². The minimum absolute atomic E-state index is 0.188. The molecule has 1 aromatic heterocycles. The molecule has 2 aliphatic carbocycles. The van der Waals surface area contributed by atoms with Crippen LogP contribution in [0.3, 0.4) is 0 Å². The first-order valence-corrected chi connectivity index (χ1v) is 7.91. The fraction of sp³-hybridized carbons (Fsp3) is 0.500. The molecule has 2 aliphatic rings. The molecule has 0 aliphatic heterocycles. The summed E-state index contributed by atoms with van der Waals surface area (Å²) in [5, 5.41) is 4.86. The van der Waals surface area contributed by atoms with Crippen LogP contribution in [0, 0.1) is 11.8 Å². The quantitative estimate of drug-likeness (QED) is 0.946. The van der Waals surface area contributed by atoms with Gasteiger partial charge in [0.25, 0.3) is 0 Å². The van der Waals surface area contributed by atoms with Crippen LogP contribution in [0.5, 0.6) is 0 Å². The maximum atomic E-state index is 6.33. The summed E-state index contributed by atoms with van der Waals surface area (Å²) in [6.07, 6.45) is 4.39. The van der Waals surface area contributed by atoms with Gasteiger partial charge in [0, 0.05) is 17.5 Å². The number of nitrogens with two attached hydrogens (primary N) is 1. The monoisotopic (exact) mass is 303 g/mol. The highest BCUT2D eigenvalue weighted by atomic mass is 35.5. The van der Waals surface area contributed by atoms with E-state index in [2.05, 4.69) is 10.1 Å². The molecule has 4 atom stereocenters. The standard InChI is InChI=1S/C16H18ClN3O/c17-12-5-1-9(2-6-12)7-13-19-16(21-20-13)14-10-3-4-11(8-10)15(14)18/h1-2,5-6,10-11,14-15H,3-4,7-8,18H2. The lowest BCUT2D eigenvalue weighted by atomic mass is 9.85. The number of benzene rings is 1. The molecule has 2 fully saturated rings. The first-order chi connectivity index (χ1) is 10.2. The second-order valence-electron chi connectivity index (χ2n) is 6.29. The molecule has 2 N–H and O–H groups in total. The Bertz CT molecular complexity index is 637. The molecule has 0 spiro atoms. The van der Waals surface area contributed by atoms with E-state index in [1.165, 1.54) is 19.3 Å². The summed E-state index contributed by atoms with van der Waals surface area (Å²) >= 11 is 5.89. The third-order valence-electron chi connectivity index (χ3n) is 5.03. The normalized spacial score (nSPS) is 31.0. The first kappa shape index (κ1) is 13.3. The van der Waals surface area contributed by atoms with E-state index in [4.69, 9.17) is 21.9 Å². The molecule has 4 unspecified atom stereocenters. The number of fused-ring (bicyclic) bond motifs is 2. The first-order valence-electron chi connectivity index (χ1n) is 7.53. The van der Waals surface area contributed by atoms with Gasteiger partial charge in [0.15, 0.2) is 5.82 Å².